The molecule has 1 N–H and O–H groups in total. The smallest absolute Gasteiger partial charge is 0.317 e. The van der Waals surface area contributed by atoms with Gasteiger partial charge in [-0.15, -0.1) is 0 Å². The van der Waals surface area contributed by atoms with Gasteiger partial charge in [-0.05, 0) is 45.2 Å². The van der Waals surface area contributed by atoms with Crippen LogP contribution in [0.25, 0.3) is 0 Å². The molecule has 3 rings (SSSR count). The maximum Gasteiger partial charge on any atom is 0.317 e. The Kier molecular flexibility index (Phi) is 5.26. The largest absolute Gasteiger partial charge is 0.338 e. The molecule has 0 aliphatic carbocycles. The highest BCUT2D eigenvalue weighted by Crippen LogP contribution is 2.20. The van der Waals surface area contributed by atoms with E-state index in [4.69, 9.17) is 0 Å². The highest BCUT2D eigenvalue weighted by atomic mass is 16.2. The topological polar surface area (TPSA) is 66.3 Å². The third-order valence-electron chi connectivity index (χ3n) is 4.65. The number of carbonyl (C=O) groups excluding carboxylic acids is 1. The maximum atomic E-state index is 12.3. The number of rotatable bonds is 5. The van der Waals surface area contributed by atoms with Crippen LogP contribution in [0.3, 0.4) is 0 Å². The third kappa shape index (κ3) is 3.97. The average Bonchev–Trinajstić information content (AvgIpc) is 3.24. The van der Waals surface area contributed by atoms with Crippen LogP contribution in [-0.2, 0) is 6.54 Å². The minimum absolute atomic E-state index is 0.0856. The first-order chi connectivity index (χ1) is 10.8. The van der Waals surface area contributed by atoms with Gasteiger partial charge in [-0.2, -0.15) is 5.10 Å². The molecule has 1 aromatic heterocycles. The molecule has 2 saturated heterocycles. The van der Waals surface area contributed by atoms with Crippen molar-refractivity contribution in [2.45, 2.75) is 44.7 Å². The van der Waals surface area contributed by atoms with Gasteiger partial charge < -0.3 is 10.2 Å². The zero-order valence-electron chi connectivity index (χ0n) is 13.2. The molecule has 0 spiro atoms. The van der Waals surface area contributed by atoms with E-state index in [9.17, 15) is 4.79 Å². The molecule has 7 nitrogen and oxygen atoms in total. The number of hydrogen-bond acceptors (Lipinski definition) is 4. The van der Waals surface area contributed by atoms with Gasteiger partial charge in [0.1, 0.15) is 12.7 Å². The first-order valence-electron chi connectivity index (χ1n) is 8.42. The number of aryl methyl sites for hydroxylation is 1. The third-order valence-corrected chi connectivity index (χ3v) is 4.65. The lowest BCUT2D eigenvalue weighted by Crippen LogP contribution is -2.51. The summed E-state index contributed by atoms with van der Waals surface area (Å²) >= 11 is 0. The van der Waals surface area contributed by atoms with Crippen LogP contribution in [0.2, 0.25) is 0 Å². The normalized spacial score (nSPS) is 22.9. The fraction of sp³-hybridized carbons (Fsp3) is 0.800. The van der Waals surface area contributed by atoms with E-state index in [1.807, 2.05) is 4.90 Å². The monoisotopic (exact) mass is 306 g/mol. The number of likely N-dealkylation sites (tertiary alicyclic amines) is 2. The molecule has 0 saturated carbocycles. The van der Waals surface area contributed by atoms with Crippen molar-refractivity contribution in [2.75, 3.05) is 32.7 Å². The molecule has 2 fully saturated rings. The Morgan fingerprint density at radius 1 is 1.23 bits per heavy atom. The molecule has 0 bridgehead atoms. The van der Waals surface area contributed by atoms with Crippen LogP contribution in [0, 0.1) is 0 Å². The van der Waals surface area contributed by atoms with E-state index in [1.165, 1.54) is 38.7 Å². The molecule has 2 aliphatic rings. The fourth-order valence-corrected chi connectivity index (χ4v) is 3.44. The van der Waals surface area contributed by atoms with Crippen LogP contribution in [0.5, 0.6) is 0 Å². The molecule has 2 aliphatic heterocycles. The summed E-state index contributed by atoms with van der Waals surface area (Å²) in [6.45, 7) is 5.66. The summed E-state index contributed by atoms with van der Waals surface area (Å²) in [4.78, 5) is 20.7. The van der Waals surface area contributed by atoms with E-state index in [0.717, 1.165) is 32.5 Å². The van der Waals surface area contributed by atoms with Gasteiger partial charge in [0.15, 0.2) is 0 Å². The molecule has 1 atom stereocenters. The Bertz CT molecular complexity index is 457. The van der Waals surface area contributed by atoms with E-state index in [-0.39, 0.29) is 6.03 Å². The average molecular weight is 306 g/mol. The molecule has 1 aromatic rings. The van der Waals surface area contributed by atoms with E-state index < -0.39 is 0 Å². The number of nitrogens with one attached hydrogen (secondary N) is 1. The van der Waals surface area contributed by atoms with Crippen molar-refractivity contribution in [3.05, 3.63) is 12.7 Å². The number of aromatic nitrogens is 3. The first-order valence-corrected chi connectivity index (χ1v) is 8.42. The second-order valence-electron chi connectivity index (χ2n) is 6.23. The molecule has 0 radical (unpaired) electrons. The van der Waals surface area contributed by atoms with Gasteiger partial charge in [0.05, 0.1) is 0 Å². The quantitative estimate of drug-likeness (QED) is 0.822. The summed E-state index contributed by atoms with van der Waals surface area (Å²) in [7, 11) is 0. The molecule has 7 heteroatoms. The Morgan fingerprint density at radius 2 is 2.09 bits per heavy atom. The Morgan fingerprint density at radius 3 is 2.86 bits per heavy atom. The SMILES string of the molecule is O=C(NCCCn1cncn1)N1CCC[C@@H](N2CCCC2)C1. The van der Waals surface area contributed by atoms with Crippen molar-refractivity contribution in [1.29, 1.82) is 0 Å². The van der Waals surface area contributed by atoms with E-state index in [2.05, 4.69) is 20.3 Å². The van der Waals surface area contributed by atoms with Gasteiger partial charge in [-0.25, -0.2) is 9.78 Å². The first kappa shape index (κ1) is 15.3. The molecule has 0 unspecified atom stereocenters. The van der Waals surface area contributed by atoms with Crippen molar-refractivity contribution in [3.8, 4) is 0 Å². The maximum absolute atomic E-state index is 12.3. The lowest BCUT2D eigenvalue weighted by atomic mass is 10.0. The second-order valence-corrected chi connectivity index (χ2v) is 6.23. The summed E-state index contributed by atoms with van der Waals surface area (Å²) in [6.07, 6.45) is 9.08. The zero-order valence-corrected chi connectivity index (χ0v) is 13.2. The number of amides is 2. The number of nitrogens with zero attached hydrogens (tertiary/aromatic N) is 5. The summed E-state index contributed by atoms with van der Waals surface area (Å²) < 4.78 is 1.79. The minimum Gasteiger partial charge on any atom is -0.338 e. The van der Waals surface area contributed by atoms with Crippen molar-refractivity contribution >= 4 is 6.03 Å². The van der Waals surface area contributed by atoms with Crippen molar-refractivity contribution in [1.82, 2.24) is 29.9 Å². The van der Waals surface area contributed by atoms with Gasteiger partial charge in [0.2, 0.25) is 0 Å². The fourth-order valence-electron chi connectivity index (χ4n) is 3.44. The number of piperidine rings is 1. The standard InChI is InChI=1S/C15H26N6O/c22-15(17-6-4-10-21-13-16-12-18-21)20-9-3-5-14(11-20)19-7-1-2-8-19/h12-14H,1-11H2,(H,17,22)/t14-/m1/s1. The minimum atomic E-state index is 0.0856. The van der Waals surface area contributed by atoms with Gasteiger partial charge in [0.25, 0.3) is 0 Å². The van der Waals surface area contributed by atoms with Gasteiger partial charge in [-0.3, -0.25) is 9.58 Å². The highest BCUT2D eigenvalue weighted by Gasteiger charge is 2.28. The van der Waals surface area contributed by atoms with Crippen LogP contribution >= 0.6 is 0 Å². The summed E-state index contributed by atoms with van der Waals surface area (Å²) in [5.41, 5.74) is 0. The van der Waals surface area contributed by atoms with Crippen LogP contribution in [-0.4, -0.2) is 69.4 Å². The molecule has 122 valence electrons. The number of urea groups is 1. The Hall–Kier alpha value is -1.63. The van der Waals surface area contributed by atoms with Crippen LogP contribution in [0.4, 0.5) is 4.79 Å². The molecule has 0 aromatic carbocycles. The molecular formula is C15H26N6O. The van der Waals surface area contributed by atoms with E-state index >= 15 is 0 Å². The second kappa shape index (κ2) is 7.58. The van der Waals surface area contributed by atoms with Gasteiger partial charge >= 0.3 is 6.03 Å². The van der Waals surface area contributed by atoms with Crippen LogP contribution in [0.1, 0.15) is 32.1 Å². The van der Waals surface area contributed by atoms with Crippen molar-refractivity contribution in [2.24, 2.45) is 0 Å². The van der Waals surface area contributed by atoms with E-state index in [0.29, 0.717) is 12.6 Å². The molecule has 2 amide bonds. The van der Waals surface area contributed by atoms with Crippen molar-refractivity contribution in [3.63, 3.8) is 0 Å². The number of hydrogen-bond donors (Lipinski definition) is 1. The Labute approximate surface area is 131 Å². The Balaban J connectivity index is 1.37. The predicted molar refractivity (Wildman–Crippen MR) is 83.4 cm³/mol. The summed E-state index contributed by atoms with van der Waals surface area (Å²) in [6, 6.07) is 0.652. The van der Waals surface area contributed by atoms with E-state index in [1.54, 1.807) is 11.0 Å². The highest BCUT2D eigenvalue weighted by molar-refractivity contribution is 5.74. The molecular weight excluding hydrogens is 280 g/mol. The summed E-state index contributed by atoms with van der Waals surface area (Å²) in [5, 5.41) is 7.09. The lowest BCUT2D eigenvalue weighted by molar-refractivity contribution is 0.125. The van der Waals surface area contributed by atoms with Crippen LogP contribution < -0.4 is 5.32 Å². The number of carbonyl (C=O) groups is 1. The van der Waals surface area contributed by atoms with Gasteiger partial charge in [0, 0.05) is 32.2 Å². The molecule has 3 heterocycles. The lowest BCUT2D eigenvalue weighted by Gasteiger charge is -2.37. The summed E-state index contributed by atoms with van der Waals surface area (Å²) in [5.74, 6) is 0. The van der Waals surface area contributed by atoms with Crippen LogP contribution in [0.15, 0.2) is 12.7 Å². The predicted octanol–water partition coefficient (Wildman–Crippen LogP) is 0.938. The van der Waals surface area contributed by atoms with Crippen molar-refractivity contribution < 1.29 is 4.79 Å². The zero-order chi connectivity index (χ0) is 15.2. The molecule has 22 heavy (non-hydrogen) atoms. The van der Waals surface area contributed by atoms with Gasteiger partial charge in [-0.1, -0.05) is 0 Å².